The minimum absolute atomic E-state index is 0.425. The van der Waals surface area contributed by atoms with Gasteiger partial charge in [-0.25, -0.2) is 4.98 Å². The third kappa shape index (κ3) is 4.04. The summed E-state index contributed by atoms with van der Waals surface area (Å²) in [6, 6.07) is 19.6. The normalized spacial score (nSPS) is 18.4. The summed E-state index contributed by atoms with van der Waals surface area (Å²) in [4.78, 5) is 4.78. The summed E-state index contributed by atoms with van der Waals surface area (Å²) in [5, 5.41) is 0. The summed E-state index contributed by atoms with van der Waals surface area (Å²) >= 11 is 0. The van der Waals surface area contributed by atoms with Crippen LogP contribution in [0.4, 0.5) is 0 Å². The molecule has 0 aliphatic heterocycles. The Hall–Kier alpha value is -3.13. The molecule has 0 N–H and O–H groups in total. The molecule has 2 aliphatic carbocycles. The van der Waals surface area contributed by atoms with Gasteiger partial charge in [0.2, 0.25) is 0 Å². The Morgan fingerprint density at radius 2 is 1.67 bits per heavy atom. The molecule has 5 rings (SSSR count). The van der Waals surface area contributed by atoms with Crippen molar-refractivity contribution in [3.63, 3.8) is 0 Å². The van der Waals surface area contributed by atoms with Crippen LogP contribution >= 0.6 is 0 Å². The van der Waals surface area contributed by atoms with Crippen molar-refractivity contribution in [1.29, 1.82) is 0 Å². The Labute approximate surface area is 198 Å². The van der Waals surface area contributed by atoms with E-state index in [4.69, 9.17) is 4.98 Å². The molecule has 0 saturated heterocycles. The summed E-state index contributed by atoms with van der Waals surface area (Å²) in [7, 11) is 0. The van der Waals surface area contributed by atoms with Crippen molar-refractivity contribution in [2.75, 3.05) is 0 Å². The maximum absolute atomic E-state index is 4.78. The highest BCUT2D eigenvalue weighted by Gasteiger charge is 2.30. The fraction of sp³-hybridized carbons (Fsp3) is 0.323. The van der Waals surface area contributed by atoms with E-state index in [9.17, 15) is 0 Å². The van der Waals surface area contributed by atoms with Gasteiger partial charge in [-0.15, -0.1) is 0 Å². The van der Waals surface area contributed by atoms with Gasteiger partial charge in [-0.1, -0.05) is 94.4 Å². The van der Waals surface area contributed by atoms with Crippen molar-refractivity contribution in [2.24, 2.45) is 17.8 Å². The maximum Gasteiger partial charge on any atom is 0.144 e. The zero-order chi connectivity index (χ0) is 22.9. The van der Waals surface area contributed by atoms with Gasteiger partial charge in [0.1, 0.15) is 5.82 Å². The van der Waals surface area contributed by atoms with Gasteiger partial charge in [-0.3, -0.25) is 4.57 Å². The molecule has 1 unspecified atom stereocenters. The zero-order valence-electron chi connectivity index (χ0n) is 20.3. The third-order valence-electron chi connectivity index (χ3n) is 7.14. The fourth-order valence-electron chi connectivity index (χ4n) is 5.49. The van der Waals surface area contributed by atoms with Crippen molar-refractivity contribution >= 4 is 11.3 Å². The van der Waals surface area contributed by atoms with Crippen molar-refractivity contribution in [3.8, 4) is 11.4 Å². The maximum atomic E-state index is 4.78. The van der Waals surface area contributed by atoms with Crippen LogP contribution in [0.2, 0.25) is 0 Å². The van der Waals surface area contributed by atoms with Crippen LogP contribution < -0.4 is 0 Å². The van der Waals surface area contributed by atoms with Crippen LogP contribution in [0.15, 0.2) is 90.3 Å². The average molecular weight is 435 g/mol. The minimum Gasteiger partial charge on any atom is -0.300 e. The molecule has 3 aromatic rings. The molecule has 1 aromatic heterocycles. The minimum atomic E-state index is 0.425. The van der Waals surface area contributed by atoms with Crippen LogP contribution in [0.25, 0.3) is 22.7 Å². The molecule has 168 valence electrons. The predicted octanol–water partition coefficient (Wildman–Crippen LogP) is 8.05. The van der Waals surface area contributed by atoms with Crippen LogP contribution in [0.1, 0.15) is 51.7 Å². The number of hydrogen-bond donors (Lipinski definition) is 0. The molecule has 1 heterocycles. The number of hydrogen-bond acceptors (Lipinski definition) is 1. The number of rotatable bonds is 5. The smallest absolute Gasteiger partial charge is 0.144 e. The van der Waals surface area contributed by atoms with Gasteiger partial charge in [-0.2, -0.15) is 0 Å². The molecule has 1 atom stereocenters. The van der Waals surface area contributed by atoms with Crippen LogP contribution in [-0.2, 0) is 6.42 Å². The number of aryl methyl sites for hydroxylation is 1. The molecule has 0 fully saturated rings. The summed E-state index contributed by atoms with van der Waals surface area (Å²) in [5.41, 5.74) is 9.95. The Bertz CT molecular complexity index is 1230. The number of benzene rings is 2. The number of allylic oxidation sites excluding steroid dienone is 6. The Kier molecular flexibility index (Phi) is 5.93. The molecule has 0 radical (unpaired) electrons. The first-order chi connectivity index (χ1) is 16.0. The summed E-state index contributed by atoms with van der Waals surface area (Å²) in [5.74, 6) is 2.35. The molecular weight excluding hydrogens is 400 g/mol. The largest absolute Gasteiger partial charge is 0.300 e. The van der Waals surface area contributed by atoms with Gasteiger partial charge in [0.15, 0.2) is 0 Å². The summed E-state index contributed by atoms with van der Waals surface area (Å²) in [6.45, 7) is 9.35. The van der Waals surface area contributed by atoms with E-state index in [2.05, 4.69) is 105 Å². The lowest BCUT2D eigenvalue weighted by atomic mass is 9.73. The third-order valence-corrected chi connectivity index (χ3v) is 7.14. The van der Waals surface area contributed by atoms with Crippen LogP contribution in [0.3, 0.4) is 0 Å². The predicted molar refractivity (Wildman–Crippen MR) is 139 cm³/mol. The van der Waals surface area contributed by atoms with Gasteiger partial charge >= 0.3 is 0 Å². The first kappa shape index (κ1) is 21.7. The highest BCUT2D eigenvalue weighted by Crippen LogP contribution is 2.45. The van der Waals surface area contributed by atoms with Crippen LogP contribution in [0.5, 0.6) is 0 Å². The lowest BCUT2D eigenvalue weighted by Crippen LogP contribution is -2.20. The van der Waals surface area contributed by atoms with E-state index in [0.717, 1.165) is 30.7 Å². The van der Waals surface area contributed by atoms with E-state index in [1.165, 1.54) is 33.5 Å². The number of imidazole rings is 1. The van der Waals surface area contributed by atoms with Gasteiger partial charge in [0, 0.05) is 29.6 Å². The first-order valence-corrected chi connectivity index (χ1v) is 12.4. The van der Waals surface area contributed by atoms with E-state index < -0.39 is 0 Å². The highest BCUT2D eigenvalue weighted by molar-refractivity contribution is 5.80. The molecule has 0 amide bonds. The molecule has 0 spiro atoms. The molecule has 0 bridgehead atoms. The monoisotopic (exact) mass is 434 g/mol. The Balaban J connectivity index is 1.64. The molecule has 0 saturated carbocycles. The molecule has 2 aliphatic rings. The lowest BCUT2D eigenvalue weighted by Gasteiger charge is -2.34. The van der Waals surface area contributed by atoms with E-state index in [1.54, 1.807) is 0 Å². The quantitative estimate of drug-likeness (QED) is 0.397. The van der Waals surface area contributed by atoms with Gasteiger partial charge < -0.3 is 0 Å². The molecule has 2 nitrogen and oxygen atoms in total. The summed E-state index contributed by atoms with van der Waals surface area (Å²) in [6.07, 6.45) is 12.5. The van der Waals surface area contributed by atoms with E-state index in [1.807, 2.05) is 6.20 Å². The topological polar surface area (TPSA) is 17.8 Å². The second-order valence-corrected chi connectivity index (χ2v) is 9.96. The average Bonchev–Trinajstić information content (AvgIpc) is 3.33. The van der Waals surface area contributed by atoms with Gasteiger partial charge in [0.05, 0.1) is 0 Å². The molecule has 33 heavy (non-hydrogen) atoms. The van der Waals surface area contributed by atoms with Gasteiger partial charge in [0.25, 0.3) is 0 Å². The summed E-state index contributed by atoms with van der Waals surface area (Å²) < 4.78 is 2.34. The van der Waals surface area contributed by atoms with Crippen LogP contribution in [0, 0.1) is 17.8 Å². The van der Waals surface area contributed by atoms with Crippen LogP contribution in [-0.4, -0.2) is 9.55 Å². The van der Waals surface area contributed by atoms with E-state index in [0.29, 0.717) is 17.8 Å². The van der Waals surface area contributed by atoms with Gasteiger partial charge in [-0.05, 0) is 58.9 Å². The zero-order valence-corrected chi connectivity index (χ0v) is 20.3. The number of nitrogens with zero attached hydrogens (tertiary/aromatic N) is 2. The van der Waals surface area contributed by atoms with E-state index in [-0.39, 0.29) is 0 Å². The van der Waals surface area contributed by atoms with Crippen molar-refractivity contribution in [2.45, 2.75) is 47.0 Å². The molecule has 2 aromatic carbocycles. The fourth-order valence-corrected chi connectivity index (χ4v) is 5.49. The van der Waals surface area contributed by atoms with Crippen molar-refractivity contribution in [3.05, 3.63) is 101 Å². The second-order valence-electron chi connectivity index (χ2n) is 9.96. The second kappa shape index (κ2) is 9.02. The lowest BCUT2D eigenvalue weighted by molar-refractivity contribution is 0.636. The Morgan fingerprint density at radius 1 is 0.909 bits per heavy atom. The van der Waals surface area contributed by atoms with Crippen molar-refractivity contribution in [1.82, 2.24) is 9.55 Å². The SMILES string of the molecule is CC(C)C1=CC(C2=CCCc3ccccc32)CC(C(C)C)=C1n1ccnc1-c1ccccc1. The number of fused-ring (bicyclic) bond motifs is 1. The standard InChI is InChI=1S/C31H34N2/c1-21(2)28-19-25(27-16-10-14-23-11-8-9-15-26(23)27)20-29(22(3)4)30(28)33-18-17-32-31(33)24-12-6-5-7-13-24/h5-9,11-13,15-19,21-22,25H,10,14,20H2,1-4H3. The molecule has 2 heteroatoms. The first-order valence-electron chi connectivity index (χ1n) is 12.4. The van der Waals surface area contributed by atoms with E-state index >= 15 is 0 Å². The highest BCUT2D eigenvalue weighted by atomic mass is 15.1. The Morgan fingerprint density at radius 3 is 2.42 bits per heavy atom. The van der Waals surface area contributed by atoms with Crippen molar-refractivity contribution < 1.29 is 0 Å². The number of aromatic nitrogens is 2. The molecular formula is C31H34N2.